The fourth-order valence-corrected chi connectivity index (χ4v) is 5.35. The first kappa shape index (κ1) is 25.9. The molecule has 3 aromatic heterocycles. The van der Waals surface area contributed by atoms with Crippen LogP contribution in [0.3, 0.4) is 0 Å². The highest BCUT2D eigenvalue weighted by atomic mass is 35.5. The van der Waals surface area contributed by atoms with Gasteiger partial charge < -0.3 is 18.9 Å². The minimum Gasteiger partial charge on any atom is -0.453 e. The smallest absolute Gasteiger partial charge is 0.451 e. The van der Waals surface area contributed by atoms with Crippen molar-refractivity contribution in [1.29, 1.82) is 0 Å². The van der Waals surface area contributed by atoms with Crippen molar-refractivity contribution in [3.63, 3.8) is 0 Å². The van der Waals surface area contributed by atoms with Gasteiger partial charge in [0.05, 0.1) is 24.3 Å². The van der Waals surface area contributed by atoms with Crippen molar-refractivity contribution in [2.75, 3.05) is 24.7 Å². The van der Waals surface area contributed by atoms with Gasteiger partial charge in [0.2, 0.25) is 5.82 Å². The van der Waals surface area contributed by atoms with Gasteiger partial charge in [-0.3, -0.25) is 9.67 Å². The molecule has 39 heavy (non-hydrogen) atoms. The fraction of sp³-hybridized carbons (Fsp3) is 0.462. The molecular weight excluding hydrogens is 535 g/mol. The lowest BCUT2D eigenvalue weighted by molar-refractivity contribution is -0.147. The monoisotopic (exact) mass is 561 g/mol. The van der Waals surface area contributed by atoms with Crippen LogP contribution in [0.1, 0.15) is 55.0 Å². The van der Waals surface area contributed by atoms with Crippen LogP contribution in [0, 0.1) is 0 Å². The number of nitrogens with zero attached hydrogens (tertiary/aromatic N) is 7. The SMILES string of the molecule is Cl.FC(F)(F)c1nnc2n1CCN(c1ccc3c(Oc4cn(C5CC5)nc4C4CCOCC4)ccnc3c1)C2. The Bertz CT molecular complexity index is 1490. The number of hydrogen-bond donors (Lipinski definition) is 0. The maximum absolute atomic E-state index is 13.2. The van der Waals surface area contributed by atoms with E-state index in [1.54, 1.807) is 6.20 Å². The Labute approximate surface area is 228 Å². The maximum atomic E-state index is 13.2. The normalized spacial score (nSPS) is 18.2. The Hall–Kier alpha value is -3.38. The zero-order valence-corrected chi connectivity index (χ0v) is 21.8. The molecule has 0 spiro atoms. The molecule has 2 fully saturated rings. The van der Waals surface area contributed by atoms with Gasteiger partial charge in [0.1, 0.15) is 11.4 Å². The van der Waals surface area contributed by atoms with E-state index in [9.17, 15) is 13.2 Å². The lowest BCUT2D eigenvalue weighted by Gasteiger charge is -2.30. The van der Waals surface area contributed by atoms with Crippen LogP contribution < -0.4 is 9.64 Å². The van der Waals surface area contributed by atoms with Crippen LogP contribution in [0.25, 0.3) is 10.9 Å². The van der Waals surface area contributed by atoms with Crippen LogP contribution in [0.15, 0.2) is 36.7 Å². The van der Waals surface area contributed by atoms with Crippen LogP contribution in [0.4, 0.5) is 18.9 Å². The first-order chi connectivity index (χ1) is 18.4. The third-order valence-electron chi connectivity index (χ3n) is 7.53. The number of halogens is 4. The van der Waals surface area contributed by atoms with Crippen molar-refractivity contribution in [3.8, 4) is 11.5 Å². The van der Waals surface area contributed by atoms with Crippen molar-refractivity contribution in [3.05, 3.63) is 54.0 Å². The molecule has 2 aliphatic heterocycles. The van der Waals surface area contributed by atoms with Crippen LogP contribution >= 0.6 is 12.4 Å². The number of rotatable bonds is 5. The highest BCUT2D eigenvalue weighted by molar-refractivity contribution is 5.88. The summed E-state index contributed by atoms with van der Waals surface area (Å²) in [6.45, 7) is 2.26. The van der Waals surface area contributed by atoms with E-state index in [1.165, 1.54) is 0 Å². The lowest BCUT2D eigenvalue weighted by atomic mass is 9.96. The molecule has 1 saturated carbocycles. The highest BCUT2D eigenvalue weighted by Crippen LogP contribution is 2.41. The van der Waals surface area contributed by atoms with Gasteiger partial charge in [0, 0.05) is 49.5 Å². The molecule has 4 aromatic rings. The minimum absolute atomic E-state index is 0. The molecule has 9 nitrogen and oxygen atoms in total. The second-order valence-electron chi connectivity index (χ2n) is 10.1. The third kappa shape index (κ3) is 4.91. The van der Waals surface area contributed by atoms with E-state index >= 15 is 0 Å². The van der Waals surface area contributed by atoms with Crippen molar-refractivity contribution in [1.82, 2.24) is 29.5 Å². The number of aromatic nitrogens is 6. The zero-order valence-electron chi connectivity index (χ0n) is 21.0. The summed E-state index contributed by atoms with van der Waals surface area (Å²) in [4.78, 5) is 6.54. The van der Waals surface area contributed by atoms with Gasteiger partial charge in [0.15, 0.2) is 11.6 Å². The van der Waals surface area contributed by atoms with E-state index in [0.717, 1.165) is 71.5 Å². The Morgan fingerprint density at radius 1 is 0.974 bits per heavy atom. The molecule has 3 aliphatic rings. The highest BCUT2D eigenvalue weighted by Gasteiger charge is 2.39. The van der Waals surface area contributed by atoms with E-state index in [4.69, 9.17) is 14.6 Å². The Kier molecular flexibility index (Phi) is 6.62. The van der Waals surface area contributed by atoms with Gasteiger partial charge in [-0.25, -0.2) is 0 Å². The van der Waals surface area contributed by atoms with Crippen molar-refractivity contribution < 1.29 is 22.6 Å². The third-order valence-corrected chi connectivity index (χ3v) is 7.53. The Morgan fingerprint density at radius 3 is 2.56 bits per heavy atom. The predicted molar refractivity (Wildman–Crippen MR) is 138 cm³/mol. The molecule has 0 amide bonds. The molecule has 0 unspecified atom stereocenters. The number of benzene rings is 1. The van der Waals surface area contributed by atoms with Gasteiger partial charge in [-0.05, 0) is 49.9 Å². The van der Waals surface area contributed by atoms with Crippen LogP contribution in [0.2, 0.25) is 0 Å². The molecule has 13 heteroatoms. The van der Waals surface area contributed by atoms with E-state index in [-0.39, 0.29) is 25.5 Å². The molecule has 0 bridgehead atoms. The molecule has 5 heterocycles. The number of pyridine rings is 1. The molecule has 1 saturated heterocycles. The van der Waals surface area contributed by atoms with Crippen molar-refractivity contribution in [2.45, 2.75) is 56.9 Å². The van der Waals surface area contributed by atoms with Gasteiger partial charge >= 0.3 is 6.18 Å². The Balaban J connectivity index is 0.00000277. The van der Waals surface area contributed by atoms with Crippen LogP contribution in [-0.2, 0) is 24.0 Å². The maximum Gasteiger partial charge on any atom is 0.451 e. The molecule has 7 rings (SSSR count). The molecule has 0 N–H and O–H groups in total. The van der Waals surface area contributed by atoms with Crippen molar-refractivity contribution in [2.24, 2.45) is 0 Å². The summed E-state index contributed by atoms with van der Waals surface area (Å²) in [5.41, 5.74) is 2.58. The van der Waals surface area contributed by atoms with E-state index in [1.807, 2.05) is 40.0 Å². The summed E-state index contributed by atoms with van der Waals surface area (Å²) in [6.07, 6.45) is 3.33. The number of alkyl halides is 3. The predicted octanol–water partition coefficient (Wildman–Crippen LogP) is 5.50. The summed E-state index contributed by atoms with van der Waals surface area (Å²) < 4.78 is 54.9. The van der Waals surface area contributed by atoms with E-state index in [2.05, 4.69) is 15.2 Å². The van der Waals surface area contributed by atoms with E-state index in [0.29, 0.717) is 30.1 Å². The van der Waals surface area contributed by atoms with Gasteiger partial charge in [-0.2, -0.15) is 18.3 Å². The zero-order chi connectivity index (χ0) is 25.9. The summed E-state index contributed by atoms with van der Waals surface area (Å²) >= 11 is 0. The standard InChI is InChI=1S/C26H26F3N7O2.ClH/c27-26(28,29)25-32-31-23-15-34(9-10-35(23)25)18-3-4-19-20(13-18)30-8-5-21(19)38-22-14-36(17-1-2-17)33-24(22)16-6-11-37-12-7-16;/h3-5,8,13-14,16-17H,1-2,6-7,9-12,15H2;1H. The largest absolute Gasteiger partial charge is 0.453 e. The van der Waals surface area contributed by atoms with Gasteiger partial charge in [-0.15, -0.1) is 22.6 Å². The number of hydrogen-bond acceptors (Lipinski definition) is 7. The summed E-state index contributed by atoms with van der Waals surface area (Å²) in [5, 5.41) is 12.9. The second kappa shape index (κ2) is 9.98. The average molecular weight is 562 g/mol. The summed E-state index contributed by atoms with van der Waals surface area (Å²) in [6, 6.07) is 8.14. The average Bonchev–Trinajstić information content (AvgIpc) is 3.54. The topological polar surface area (TPSA) is 83.1 Å². The molecule has 1 aromatic carbocycles. The van der Waals surface area contributed by atoms with E-state index < -0.39 is 12.0 Å². The molecular formula is C26H27ClF3N7O2. The van der Waals surface area contributed by atoms with Crippen LogP contribution in [0.5, 0.6) is 11.5 Å². The number of anilines is 1. The number of fused-ring (bicyclic) bond motifs is 2. The molecule has 206 valence electrons. The quantitative estimate of drug-likeness (QED) is 0.318. The fourth-order valence-electron chi connectivity index (χ4n) is 5.35. The molecule has 0 atom stereocenters. The lowest BCUT2D eigenvalue weighted by Crippen LogP contribution is -2.35. The molecule has 0 radical (unpaired) electrons. The van der Waals surface area contributed by atoms with Gasteiger partial charge in [0.25, 0.3) is 0 Å². The Morgan fingerprint density at radius 2 is 1.79 bits per heavy atom. The first-order valence-corrected chi connectivity index (χ1v) is 12.9. The number of ether oxygens (including phenoxy) is 2. The molecule has 1 aliphatic carbocycles. The van der Waals surface area contributed by atoms with Gasteiger partial charge in [-0.1, -0.05) is 0 Å². The minimum atomic E-state index is -4.52. The summed E-state index contributed by atoms with van der Waals surface area (Å²) in [7, 11) is 0. The van der Waals surface area contributed by atoms with Crippen LogP contribution in [-0.4, -0.2) is 49.3 Å². The van der Waals surface area contributed by atoms with Crippen molar-refractivity contribution >= 4 is 29.0 Å². The first-order valence-electron chi connectivity index (χ1n) is 12.9. The second-order valence-corrected chi connectivity index (χ2v) is 10.1. The summed E-state index contributed by atoms with van der Waals surface area (Å²) in [5.74, 6) is 1.12.